The van der Waals surface area contributed by atoms with Gasteiger partial charge in [0, 0.05) is 24.2 Å². The number of rotatable bonds is 0. The molecule has 0 aromatic rings. The molecule has 116 valence electrons. The maximum atomic E-state index is 12.4. The molecule has 3 aliphatic rings. The zero-order chi connectivity index (χ0) is 15.6. The number of ketones is 2. The van der Waals surface area contributed by atoms with Gasteiger partial charge in [0.15, 0.2) is 5.78 Å². The summed E-state index contributed by atoms with van der Waals surface area (Å²) >= 11 is 0. The van der Waals surface area contributed by atoms with E-state index < -0.39 is 11.5 Å². The summed E-state index contributed by atoms with van der Waals surface area (Å²) in [5.41, 5.74) is 0.353. The van der Waals surface area contributed by atoms with Crippen molar-refractivity contribution in [2.24, 2.45) is 22.2 Å². The van der Waals surface area contributed by atoms with Gasteiger partial charge in [0.1, 0.15) is 5.78 Å². The Bertz CT molecular complexity index is 545. The largest absolute Gasteiger partial charge is 0.393 e. The van der Waals surface area contributed by atoms with Gasteiger partial charge >= 0.3 is 0 Å². The molecule has 0 aliphatic heterocycles. The van der Waals surface area contributed by atoms with Crippen LogP contribution in [0.3, 0.4) is 0 Å². The van der Waals surface area contributed by atoms with E-state index in [1.165, 1.54) is 5.57 Å². The number of aliphatic hydroxyl groups is 1. The third-order valence-electron chi connectivity index (χ3n) is 6.59. The molecular weight excluding hydrogens is 264 g/mol. The minimum Gasteiger partial charge on any atom is -0.393 e. The second-order valence-corrected chi connectivity index (χ2v) is 8.40. The molecule has 3 nitrogen and oxygen atoms in total. The van der Waals surface area contributed by atoms with Crippen molar-refractivity contribution in [3.8, 4) is 0 Å². The number of Topliss-reactive ketones (excluding diaryl/α,β-unsaturated/α-hetero) is 1. The van der Waals surface area contributed by atoms with Crippen molar-refractivity contribution in [1.29, 1.82) is 0 Å². The highest BCUT2D eigenvalue weighted by molar-refractivity contribution is 5.92. The zero-order valence-corrected chi connectivity index (χ0v) is 13.5. The Morgan fingerprint density at radius 3 is 2.43 bits per heavy atom. The second kappa shape index (κ2) is 4.28. The van der Waals surface area contributed by atoms with Gasteiger partial charge in [-0.05, 0) is 36.2 Å². The number of aliphatic hydroxyl groups excluding tert-OH is 1. The van der Waals surface area contributed by atoms with Crippen LogP contribution in [0.5, 0.6) is 0 Å². The fraction of sp³-hybridized carbons (Fsp3) is 0.778. The van der Waals surface area contributed by atoms with Crippen LogP contribution in [0.15, 0.2) is 11.6 Å². The Morgan fingerprint density at radius 1 is 1.10 bits per heavy atom. The summed E-state index contributed by atoms with van der Waals surface area (Å²) < 4.78 is 0. The van der Waals surface area contributed by atoms with Gasteiger partial charge in [-0.3, -0.25) is 9.59 Å². The molecular formula is C18H26O3. The molecule has 0 amide bonds. The monoisotopic (exact) mass is 290 g/mol. The Kier molecular flexibility index (Phi) is 3.05. The molecule has 2 fully saturated rings. The average Bonchev–Trinajstić information content (AvgIpc) is 2.36. The normalized spacial score (nSPS) is 45.7. The van der Waals surface area contributed by atoms with E-state index in [0.717, 1.165) is 12.8 Å². The lowest BCUT2D eigenvalue weighted by atomic mass is 9.43. The van der Waals surface area contributed by atoms with Crippen LogP contribution in [0.2, 0.25) is 0 Å². The lowest BCUT2D eigenvalue weighted by Gasteiger charge is -2.61. The number of hydrogen-bond donors (Lipinski definition) is 1. The van der Waals surface area contributed by atoms with Crippen LogP contribution >= 0.6 is 0 Å². The third kappa shape index (κ3) is 1.89. The predicted octanol–water partition coefficient (Wildman–Crippen LogP) is 3.06. The molecule has 3 rings (SSSR count). The molecule has 3 heteroatoms. The van der Waals surface area contributed by atoms with Gasteiger partial charge in [-0.25, -0.2) is 0 Å². The van der Waals surface area contributed by atoms with E-state index in [1.54, 1.807) is 0 Å². The summed E-state index contributed by atoms with van der Waals surface area (Å²) in [5, 5.41) is 10.8. The molecule has 1 unspecified atom stereocenters. The first-order valence-electron chi connectivity index (χ1n) is 8.08. The van der Waals surface area contributed by atoms with Gasteiger partial charge in [0.25, 0.3) is 0 Å². The van der Waals surface area contributed by atoms with Crippen molar-refractivity contribution in [2.45, 2.75) is 65.9 Å². The molecule has 0 bridgehead atoms. The highest BCUT2D eigenvalue weighted by Gasteiger charge is 2.61. The topological polar surface area (TPSA) is 54.4 Å². The number of allylic oxidation sites excluding steroid dienone is 2. The first kappa shape index (κ1) is 15.0. The molecule has 2 saturated carbocycles. The smallest absolute Gasteiger partial charge is 0.155 e. The Labute approximate surface area is 126 Å². The minimum atomic E-state index is -0.519. The van der Waals surface area contributed by atoms with Crippen molar-refractivity contribution in [1.82, 2.24) is 0 Å². The van der Waals surface area contributed by atoms with E-state index in [2.05, 4.69) is 13.8 Å². The standard InChI is InChI=1S/C18H26O3/c1-16(2)14(21)6-8-18(4)13-9-11(19)5-7-17(13,3)10-12(20)15(16)18/h9,12,15,20H,5-8,10H2,1-4H3/t12-,15-,17?,18+/m0/s1. The van der Waals surface area contributed by atoms with Gasteiger partial charge in [0.2, 0.25) is 0 Å². The molecule has 0 saturated heterocycles. The molecule has 4 atom stereocenters. The van der Waals surface area contributed by atoms with E-state index in [1.807, 2.05) is 19.9 Å². The average molecular weight is 290 g/mol. The van der Waals surface area contributed by atoms with Gasteiger partial charge < -0.3 is 5.11 Å². The Balaban J connectivity index is 2.16. The molecule has 1 N–H and O–H groups in total. The first-order chi connectivity index (χ1) is 9.61. The van der Waals surface area contributed by atoms with E-state index in [0.29, 0.717) is 19.3 Å². The highest BCUT2D eigenvalue weighted by Crippen LogP contribution is 2.64. The van der Waals surface area contributed by atoms with Crippen LogP contribution in [0.4, 0.5) is 0 Å². The van der Waals surface area contributed by atoms with Crippen molar-refractivity contribution < 1.29 is 14.7 Å². The molecule has 0 radical (unpaired) electrons. The quantitative estimate of drug-likeness (QED) is 0.746. The summed E-state index contributed by atoms with van der Waals surface area (Å²) in [4.78, 5) is 24.3. The molecule has 21 heavy (non-hydrogen) atoms. The molecule has 0 aromatic heterocycles. The van der Waals surface area contributed by atoms with E-state index in [4.69, 9.17) is 0 Å². The van der Waals surface area contributed by atoms with Gasteiger partial charge in [-0.2, -0.15) is 0 Å². The minimum absolute atomic E-state index is 0.0866. The summed E-state index contributed by atoms with van der Waals surface area (Å²) in [7, 11) is 0. The number of hydrogen-bond acceptors (Lipinski definition) is 3. The summed E-state index contributed by atoms with van der Waals surface area (Å²) in [6, 6.07) is 0. The van der Waals surface area contributed by atoms with Crippen molar-refractivity contribution in [2.75, 3.05) is 0 Å². The lowest BCUT2D eigenvalue weighted by Crippen LogP contribution is -2.60. The summed E-state index contributed by atoms with van der Waals surface area (Å²) in [6.45, 7) is 8.28. The van der Waals surface area contributed by atoms with Gasteiger partial charge in [-0.15, -0.1) is 0 Å². The van der Waals surface area contributed by atoms with Crippen LogP contribution in [0, 0.1) is 22.2 Å². The van der Waals surface area contributed by atoms with Gasteiger partial charge in [0.05, 0.1) is 6.10 Å². The summed E-state index contributed by atoms with van der Waals surface area (Å²) in [6.07, 6.45) is 4.75. The molecule has 0 aromatic carbocycles. The zero-order valence-electron chi connectivity index (χ0n) is 13.5. The highest BCUT2D eigenvalue weighted by atomic mass is 16.3. The Morgan fingerprint density at radius 2 is 1.76 bits per heavy atom. The Hall–Kier alpha value is -0.960. The second-order valence-electron chi connectivity index (χ2n) is 8.40. The van der Waals surface area contributed by atoms with Crippen LogP contribution in [0.1, 0.15) is 59.8 Å². The lowest BCUT2D eigenvalue weighted by molar-refractivity contribution is -0.155. The number of carbonyl (C=O) groups is 2. The van der Waals surface area contributed by atoms with E-state index in [9.17, 15) is 14.7 Å². The van der Waals surface area contributed by atoms with E-state index >= 15 is 0 Å². The molecule has 0 spiro atoms. The molecule has 3 aliphatic carbocycles. The van der Waals surface area contributed by atoms with Crippen molar-refractivity contribution in [3.05, 3.63) is 11.6 Å². The maximum absolute atomic E-state index is 12.4. The SMILES string of the molecule is CC12CCC(=O)C=C1[C@@]1(C)CCC(=O)C(C)(C)[C@@H]1[C@@H](O)C2. The van der Waals surface area contributed by atoms with Crippen LogP contribution in [-0.2, 0) is 9.59 Å². The summed E-state index contributed by atoms with van der Waals surface area (Å²) in [5.74, 6) is 0.361. The molecule has 0 heterocycles. The first-order valence-corrected chi connectivity index (χ1v) is 8.08. The van der Waals surface area contributed by atoms with E-state index in [-0.39, 0.29) is 28.3 Å². The predicted molar refractivity (Wildman–Crippen MR) is 80.7 cm³/mol. The fourth-order valence-corrected chi connectivity index (χ4v) is 5.62. The third-order valence-corrected chi connectivity index (χ3v) is 6.59. The maximum Gasteiger partial charge on any atom is 0.155 e. The van der Waals surface area contributed by atoms with Crippen LogP contribution in [-0.4, -0.2) is 22.8 Å². The number of fused-ring (bicyclic) bond motifs is 3. The van der Waals surface area contributed by atoms with Crippen molar-refractivity contribution in [3.63, 3.8) is 0 Å². The van der Waals surface area contributed by atoms with Crippen molar-refractivity contribution >= 4 is 11.6 Å². The fourth-order valence-electron chi connectivity index (χ4n) is 5.62. The van der Waals surface area contributed by atoms with Crippen LogP contribution in [0.25, 0.3) is 0 Å². The number of carbonyl (C=O) groups excluding carboxylic acids is 2. The van der Waals surface area contributed by atoms with Crippen LogP contribution < -0.4 is 0 Å². The van der Waals surface area contributed by atoms with Gasteiger partial charge in [-0.1, -0.05) is 33.3 Å².